The van der Waals surface area contributed by atoms with Gasteiger partial charge in [0.2, 0.25) is 0 Å². The van der Waals surface area contributed by atoms with Gasteiger partial charge < -0.3 is 16.0 Å². The van der Waals surface area contributed by atoms with Crippen LogP contribution in [0.1, 0.15) is 17.7 Å². The highest BCUT2D eigenvalue weighted by molar-refractivity contribution is 7.15. The molecule has 0 aliphatic heterocycles. The Kier molecular flexibility index (Phi) is 4.26. The predicted octanol–water partition coefficient (Wildman–Crippen LogP) is 3.69. The number of carbonyl (C=O) groups excluding carboxylic acids is 1. The molecule has 0 radical (unpaired) electrons. The Hall–Kier alpha value is -1.79. The van der Waals surface area contributed by atoms with Crippen molar-refractivity contribution in [3.63, 3.8) is 0 Å². The molecular formula is C14H15ClN4OS. The van der Waals surface area contributed by atoms with Gasteiger partial charge in [0.15, 0.2) is 4.47 Å². The van der Waals surface area contributed by atoms with E-state index in [2.05, 4.69) is 20.9 Å². The first-order valence-electron chi connectivity index (χ1n) is 6.71. The van der Waals surface area contributed by atoms with Crippen LogP contribution >= 0.6 is 22.9 Å². The molecular weight excluding hydrogens is 308 g/mol. The number of urea groups is 1. The Morgan fingerprint density at radius 3 is 2.90 bits per heavy atom. The molecule has 2 aromatic rings. The topological polar surface area (TPSA) is 66.0 Å². The summed E-state index contributed by atoms with van der Waals surface area (Å²) in [6.07, 6.45) is 3.91. The minimum absolute atomic E-state index is 0.149. The van der Waals surface area contributed by atoms with Crippen LogP contribution in [-0.2, 0) is 6.54 Å². The van der Waals surface area contributed by atoms with Crippen molar-refractivity contribution in [3.8, 4) is 0 Å². The quantitative estimate of drug-likeness (QED) is 0.786. The summed E-state index contributed by atoms with van der Waals surface area (Å²) in [7, 11) is 0. The number of thiazole rings is 1. The van der Waals surface area contributed by atoms with E-state index in [1.54, 1.807) is 6.20 Å². The van der Waals surface area contributed by atoms with Gasteiger partial charge in [-0.3, -0.25) is 0 Å². The number of benzene rings is 1. The van der Waals surface area contributed by atoms with Gasteiger partial charge in [0.1, 0.15) is 0 Å². The lowest BCUT2D eigenvalue weighted by molar-refractivity contribution is 0.251. The molecule has 1 fully saturated rings. The van der Waals surface area contributed by atoms with Gasteiger partial charge in [-0.05, 0) is 31.0 Å². The molecule has 1 aliphatic carbocycles. The molecule has 1 aromatic carbocycles. The molecule has 1 saturated carbocycles. The molecule has 0 saturated heterocycles. The number of hydrogen-bond donors (Lipinski definition) is 3. The van der Waals surface area contributed by atoms with Gasteiger partial charge in [-0.25, -0.2) is 9.78 Å². The van der Waals surface area contributed by atoms with Crippen LogP contribution in [0.4, 0.5) is 16.2 Å². The summed E-state index contributed by atoms with van der Waals surface area (Å²) in [5.74, 6) is 0. The second-order valence-corrected chi connectivity index (χ2v) is 6.58. The van der Waals surface area contributed by atoms with Crippen LogP contribution in [0.15, 0.2) is 30.5 Å². The highest BCUT2D eigenvalue weighted by Gasteiger charge is 2.23. The van der Waals surface area contributed by atoms with Gasteiger partial charge in [0, 0.05) is 28.5 Å². The number of amides is 2. The largest absolute Gasteiger partial charge is 0.380 e. The molecule has 21 heavy (non-hydrogen) atoms. The first-order chi connectivity index (χ1) is 10.2. The molecule has 3 rings (SSSR count). The Balaban J connectivity index is 1.55. The first kappa shape index (κ1) is 14.2. The van der Waals surface area contributed by atoms with E-state index in [-0.39, 0.29) is 6.03 Å². The number of nitrogens with zero attached hydrogens (tertiary/aromatic N) is 1. The van der Waals surface area contributed by atoms with Gasteiger partial charge in [0.25, 0.3) is 0 Å². The summed E-state index contributed by atoms with van der Waals surface area (Å²) in [6.45, 7) is 0.655. The molecule has 0 atom stereocenters. The number of rotatable bonds is 5. The molecule has 7 heteroatoms. The van der Waals surface area contributed by atoms with Gasteiger partial charge in [-0.15, -0.1) is 11.3 Å². The molecule has 5 nitrogen and oxygen atoms in total. The van der Waals surface area contributed by atoms with Gasteiger partial charge >= 0.3 is 6.03 Å². The van der Waals surface area contributed by atoms with Crippen molar-refractivity contribution in [2.45, 2.75) is 25.4 Å². The normalized spacial score (nSPS) is 13.8. The van der Waals surface area contributed by atoms with Crippen LogP contribution in [0.3, 0.4) is 0 Å². The predicted molar refractivity (Wildman–Crippen MR) is 86.1 cm³/mol. The van der Waals surface area contributed by atoms with Gasteiger partial charge in [-0.2, -0.15) is 0 Å². The van der Waals surface area contributed by atoms with E-state index in [1.165, 1.54) is 11.3 Å². The van der Waals surface area contributed by atoms with Crippen molar-refractivity contribution in [2.24, 2.45) is 0 Å². The lowest BCUT2D eigenvalue weighted by Gasteiger charge is -2.09. The van der Waals surface area contributed by atoms with E-state index in [0.717, 1.165) is 29.1 Å². The summed E-state index contributed by atoms with van der Waals surface area (Å²) in [5.41, 5.74) is 1.70. The smallest absolute Gasteiger partial charge is 0.319 e. The van der Waals surface area contributed by atoms with Gasteiger partial charge in [-0.1, -0.05) is 17.7 Å². The molecule has 1 heterocycles. The van der Waals surface area contributed by atoms with Crippen LogP contribution in [-0.4, -0.2) is 17.1 Å². The Labute approximate surface area is 131 Å². The van der Waals surface area contributed by atoms with E-state index in [0.29, 0.717) is 17.1 Å². The van der Waals surface area contributed by atoms with E-state index < -0.39 is 0 Å². The van der Waals surface area contributed by atoms with Crippen molar-refractivity contribution in [1.82, 2.24) is 10.3 Å². The third kappa shape index (κ3) is 4.34. The molecule has 2 amide bonds. The second-order valence-electron chi connectivity index (χ2n) is 4.89. The maximum Gasteiger partial charge on any atom is 0.319 e. The summed E-state index contributed by atoms with van der Waals surface area (Å²) < 4.78 is 0.541. The zero-order chi connectivity index (χ0) is 14.7. The molecule has 110 valence electrons. The zero-order valence-corrected chi connectivity index (χ0v) is 12.8. The summed E-state index contributed by atoms with van der Waals surface area (Å²) in [6, 6.07) is 7.81. The minimum Gasteiger partial charge on any atom is -0.380 e. The molecule has 1 aromatic heterocycles. The van der Waals surface area contributed by atoms with Crippen LogP contribution in [0.25, 0.3) is 0 Å². The molecule has 0 spiro atoms. The van der Waals surface area contributed by atoms with Crippen molar-refractivity contribution < 1.29 is 4.79 Å². The average molecular weight is 323 g/mol. The molecule has 1 aliphatic rings. The monoisotopic (exact) mass is 322 g/mol. The van der Waals surface area contributed by atoms with E-state index in [4.69, 9.17) is 11.6 Å². The maximum absolute atomic E-state index is 11.7. The number of halogens is 1. The lowest BCUT2D eigenvalue weighted by Crippen LogP contribution is -2.30. The molecule has 0 bridgehead atoms. The summed E-state index contributed by atoms with van der Waals surface area (Å²) in [5, 5.41) is 9.01. The van der Waals surface area contributed by atoms with Crippen molar-refractivity contribution in [1.29, 1.82) is 0 Å². The lowest BCUT2D eigenvalue weighted by atomic mass is 10.2. The van der Waals surface area contributed by atoms with Crippen LogP contribution in [0, 0.1) is 0 Å². The maximum atomic E-state index is 11.7. The van der Waals surface area contributed by atoms with Crippen molar-refractivity contribution >= 4 is 40.3 Å². The zero-order valence-electron chi connectivity index (χ0n) is 11.2. The number of anilines is 2. The third-order valence-corrected chi connectivity index (χ3v) is 4.14. The Morgan fingerprint density at radius 1 is 1.38 bits per heavy atom. The standard InChI is InChI=1S/C14H15ClN4OS/c15-13-17-8-12(21-13)7-16-10-2-1-3-11(6-10)19-14(20)18-9-4-5-9/h1-3,6,8-9,16H,4-5,7H2,(H2,18,19,20). The summed E-state index contributed by atoms with van der Waals surface area (Å²) >= 11 is 7.24. The van der Waals surface area contributed by atoms with Gasteiger partial charge in [0.05, 0.1) is 6.54 Å². The number of carbonyl (C=O) groups is 1. The van der Waals surface area contributed by atoms with Crippen molar-refractivity contribution in [3.05, 3.63) is 39.8 Å². The van der Waals surface area contributed by atoms with Crippen molar-refractivity contribution in [2.75, 3.05) is 10.6 Å². The minimum atomic E-state index is -0.149. The van der Waals surface area contributed by atoms with Crippen LogP contribution < -0.4 is 16.0 Å². The molecule has 3 N–H and O–H groups in total. The fraction of sp³-hybridized carbons (Fsp3) is 0.286. The Bertz CT molecular complexity index is 641. The first-order valence-corrected chi connectivity index (χ1v) is 7.90. The summed E-state index contributed by atoms with van der Waals surface area (Å²) in [4.78, 5) is 16.8. The average Bonchev–Trinajstić information content (AvgIpc) is 3.16. The molecule has 0 unspecified atom stereocenters. The fourth-order valence-electron chi connectivity index (χ4n) is 1.84. The van der Waals surface area contributed by atoms with Crippen LogP contribution in [0.2, 0.25) is 4.47 Å². The van der Waals surface area contributed by atoms with E-state index >= 15 is 0 Å². The highest BCUT2D eigenvalue weighted by Crippen LogP contribution is 2.21. The number of hydrogen-bond acceptors (Lipinski definition) is 4. The highest BCUT2D eigenvalue weighted by atomic mass is 35.5. The fourth-order valence-corrected chi connectivity index (χ4v) is 2.76. The van der Waals surface area contributed by atoms with E-state index in [1.807, 2.05) is 24.3 Å². The van der Waals surface area contributed by atoms with Crippen LogP contribution in [0.5, 0.6) is 0 Å². The Morgan fingerprint density at radius 2 is 2.19 bits per heavy atom. The third-order valence-electron chi connectivity index (χ3n) is 3.03. The number of aromatic nitrogens is 1. The number of nitrogens with one attached hydrogen (secondary N) is 3. The second kappa shape index (κ2) is 6.32. The van der Waals surface area contributed by atoms with E-state index in [9.17, 15) is 4.79 Å². The SMILES string of the molecule is O=C(Nc1cccc(NCc2cnc(Cl)s2)c1)NC1CC1.